The van der Waals surface area contributed by atoms with E-state index in [-0.39, 0.29) is 18.4 Å². The van der Waals surface area contributed by atoms with Crippen molar-refractivity contribution in [1.82, 2.24) is 10.2 Å². The summed E-state index contributed by atoms with van der Waals surface area (Å²) in [7, 11) is 0. The van der Waals surface area contributed by atoms with Gasteiger partial charge in [-0.2, -0.15) is 0 Å². The van der Waals surface area contributed by atoms with Crippen LogP contribution < -0.4 is 5.32 Å². The molecule has 2 rings (SSSR count). The molecule has 1 N–H and O–H groups in total. The number of hydrogen-bond acceptors (Lipinski definition) is 3. The molecule has 0 fully saturated rings. The molecule has 2 amide bonds. The van der Waals surface area contributed by atoms with Crippen LogP contribution in [-0.2, 0) is 16.1 Å². The highest BCUT2D eigenvalue weighted by atomic mass is 35.5. The molecule has 0 aliphatic carbocycles. The minimum Gasteiger partial charge on any atom is -0.355 e. The van der Waals surface area contributed by atoms with Gasteiger partial charge in [0.15, 0.2) is 0 Å². The van der Waals surface area contributed by atoms with Crippen LogP contribution in [-0.4, -0.2) is 35.1 Å². The van der Waals surface area contributed by atoms with Gasteiger partial charge in [-0.1, -0.05) is 54.4 Å². The van der Waals surface area contributed by atoms with E-state index in [1.165, 1.54) is 0 Å². The molecule has 0 bridgehead atoms. The minimum absolute atomic E-state index is 0.0949. The molecule has 7 heteroatoms. The Labute approximate surface area is 187 Å². The predicted octanol–water partition coefficient (Wildman–Crippen LogP) is 5.42. The van der Waals surface area contributed by atoms with E-state index >= 15 is 0 Å². The highest BCUT2D eigenvalue weighted by Gasteiger charge is 2.29. The molecule has 4 nitrogen and oxygen atoms in total. The van der Waals surface area contributed by atoms with Crippen LogP contribution in [0.2, 0.25) is 10.0 Å². The Bertz CT molecular complexity index is 797. The van der Waals surface area contributed by atoms with Crippen molar-refractivity contribution in [3.63, 3.8) is 0 Å². The van der Waals surface area contributed by atoms with E-state index < -0.39 is 6.04 Å². The Morgan fingerprint density at radius 3 is 2.28 bits per heavy atom. The van der Waals surface area contributed by atoms with E-state index in [0.29, 0.717) is 40.7 Å². The lowest BCUT2D eigenvalue weighted by atomic mass is 10.1. The zero-order valence-electron chi connectivity index (χ0n) is 16.7. The Balaban J connectivity index is 2.18. The van der Waals surface area contributed by atoms with Crippen LogP contribution in [0.15, 0.2) is 53.4 Å². The summed E-state index contributed by atoms with van der Waals surface area (Å²) in [5.41, 5.74) is 0.655. The van der Waals surface area contributed by atoms with E-state index in [0.717, 1.165) is 4.90 Å². The first-order valence-corrected chi connectivity index (χ1v) is 11.4. The van der Waals surface area contributed by atoms with Crippen LogP contribution in [0, 0.1) is 0 Å². The number of nitrogens with zero attached hydrogens (tertiary/aromatic N) is 1. The monoisotopic (exact) mass is 452 g/mol. The first-order chi connectivity index (χ1) is 14.0. The first kappa shape index (κ1) is 23.6. The first-order valence-electron chi connectivity index (χ1n) is 9.65. The maximum atomic E-state index is 13.1. The summed E-state index contributed by atoms with van der Waals surface area (Å²) in [5, 5.41) is 3.80. The number of likely N-dealkylation sites (N-methyl/N-ethyl adjacent to an activating group) is 1. The molecule has 0 unspecified atom stereocenters. The van der Waals surface area contributed by atoms with Crippen molar-refractivity contribution in [3.8, 4) is 0 Å². The second-order valence-electron chi connectivity index (χ2n) is 6.45. The highest BCUT2D eigenvalue weighted by Crippen LogP contribution is 2.27. The Morgan fingerprint density at radius 2 is 1.69 bits per heavy atom. The number of thioether (sulfide) groups is 1. The van der Waals surface area contributed by atoms with Crippen molar-refractivity contribution >= 4 is 46.8 Å². The van der Waals surface area contributed by atoms with Gasteiger partial charge in [0, 0.05) is 45.8 Å². The minimum atomic E-state index is -0.573. The molecule has 1 atom stereocenters. The topological polar surface area (TPSA) is 49.4 Å². The number of carbonyl (C=O) groups excluding carboxylic acids is 2. The van der Waals surface area contributed by atoms with E-state index in [2.05, 4.69) is 5.32 Å². The third kappa shape index (κ3) is 6.95. The van der Waals surface area contributed by atoms with Crippen LogP contribution in [0.25, 0.3) is 0 Å². The van der Waals surface area contributed by atoms with Gasteiger partial charge >= 0.3 is 0 Å². The van der Waals surface area contributed by atoms with Crippen molar-refractivity contribution in [3.05, 3.63) is 64.1 Å². The Kier molecular flexibility index (Phi) is 9.85. The molecule has 0 aliphatic heterocycles. The zero-order valence-corrected chi connectivity index (χ0v) is 19.0. The number of hydrogen-bond donors (Lipinski definition) is 1. The number of nitrogens with one attached hydrogen (secondary N) is 1. The largest absolute Gasteiger partial charge is 0.355 e. The summed E-state index contributed by atoms with van der Waals surface area (Å²) < 4.78 is 0. The fourth-order valence-electron chi connectivity index (χ4n) is 2.98. The molecule has 29 heavy (non-hydrogen) atoms. The molecule has 2 aromatic carbocycles. The average molecular weight is 453 g/mol. The molecule has 0 saturated carbocycles. The van der Waals surface area contributed by atoms with Crippen molar-refractivity contribution in [2.75, 3.05) is 12.3 Å². The van der Waals surface area contributed by atoms with Crippen LogP contribution in [0.4, 0.5) is 0 Å². The molecule has 0 aliphatic rings. The van der Waals surface area contributed by atoms with Gasteiger partial charge in [0.1, 0.15) is 6.04 Å². The lowest BCUT2D eigenvalue weighted by molar-refractivity contribution is -0.141. The fraction of sp³-hybridized carbons (Fsp3) is 0.364. The molecule has 0 heterocycles. The van der Waals surface area contributed by atoms with Gasteiger partial charge in [-0.25, -0.2) is 0 Å². The maximum Gasteiger partial charge on any atom is 0.242 e. The SMILES string of the molecule is CCNC(=O)[C@H](CC)N(Cc1c(Cl)cccc1Cl)C(=O)CCSc1ccccc1. The third-order valence-electron chi connectivity index (χ3n) is 4.45. The summed E-state index contributed by atoms with van der Waals surface area (Å²) in [6.45, 7) is 4.46. The summed E-state index contributed by atoms with van der Waals surface area (Å²) in [6.07, 6.45) is 0.822. The van der Waals surface area contributed by atoms with Crippen molar-refractivity contribution < 1.29 is 9.59 Å². The number of benzene rings is 2. The van der Waals surface area contributed by atoms with Gasteiger partial charge in [-0.05, 0) is 37.6 Å². The van der Waals surface area contributed by atoms with Crippen LogP contribution >= 0.6 is 35.0 Å². The molecule has 0 aromatic heterocycles. The van der Waals surface area contributed by atoms with Crippen LogP contribution in [0.1, 0.15) is 32.3 Å². The molecule has 0 radical (unpaired) electrons. The van der Waals surface area contributed by atoms with Crippen molar-refractivity contribution in [2.24, 2.45) is 0 Å². The molecule has 0 spiro atoms. The third-order valence-corrected chi connectivity index (χ3v) is 6.18. The maximum absolute atomic E-state index is 13.1. The normalized spacial score (nSPS) is 11.7. The summed E-state index contributed by atoms with van der Waals surface area (Å²) in [4.78, 5) is 28.4. The number of halogens is 2. The molecular weight excluding hydrogens is 427 g/mol. The number of amides is 2. The van der Waals surface area contributed by atoms with E-state index in [9.17, 15) is 9.59 Å². The molecular formula is C22H26Cl2N2O2S. The molecule has 2 aromatic rings. The standard InChI is InChI=1S/C22H26Cl2N2O2S/c1-3-20(22(28)25-4-2)26(15-17-18(23)11-8-12-19(17)24)21(27)13-14-29-16-9-6-5-7-10-16/h5-12,20H,3-4,13-15H2,1-2H3,(H,25,28)/t20-/m0/s1. The van der Waals surface area contributed by atoms with Gasteiger partial charge < -0.3 is 10.2 Å². The lowest BCUT2D eigenvalue weighted by Gasteiger charge is -2.31. The molecule has 0 saturated heterocycles. The predicted molar refractivity (Wildman–Crippen MR) is 122 cm³/mol. The van der Waals surface area contributed by atoms with E-state index in [1.54, 1.807) is 34.9 Å². The van der Waals surface area contributed by atoms with E-state index in [1.807, 2.05) is 44.2 Å². The van der Waals surface area contributed by atoms with Crippen molar-refractivity contribution in [1.29, 1.82) is 0 Å². The summed E-state index contributed by atoms with van der Waals surface area (Å²) >= 11 is 14.3. The van der Waals surface area contributed by atoms with Crippen LogP contribution in [0.5, 0.6) is 0 Å². The fourth-order valence-corrected chi connectivity index (χ4v) is 4.36. The smallest absolute Gasteiger partial charge is 0.242 e. The van der Waals surface area contributed by atoms with E-state index in [4.69, 9.17) is 23.2 Å². The van der Waals surface area contributed by atoms with Crippen LogP contribution in [0.3, 0.4) is 0 Å². The summed E-state index contributed by atoms with van der Waals surface area (Å²) in [6, 6.07) is 14.6. The Hall–Kier alpha value is -1.69. The van der Waals surface area contributed by atoms with Gasteiger partial charge in [0.05, 0.1) is 0 Å². The number of rotatable bonds is 10. The quantitative estimate of drug-likeness (QED) is 0.489. The van der Waals surface area contributed by atoms with Gasteiger partial charge in [0.25, 0.3) is 0 Å². The Morgan fingerprint density at radius 1 is 1.03 bits per heavy atom. The number of carbonyl (C=O) groups is 2. The van der Waals surface area contributed by atoms with Gasteiger partial charge in [0.2, 0.25) is 11.8 Å². The van der Waals surface area contributed by atoms with Crippen molar-refractivity contribution in [2.45, 2.75) is 44.2 Å². The molecule has 156 valence electrons. The van der Waals surface area contributed by atoms with Gasteiger partial charge in [-0.3, -0.25) is 9.59 Å². The lowest BCUT2D eigenvalue weighted by Crippen LogP contribution is -2.49. The zero-order chi connectivity index (χ0) is 21.2. The van der Waals surface area contributed by atoms with Gasteiger partial charge in [-0.15, -0.1) is 11.8 Å². The second-order valence-corrected chi connectivity index (χ2v) is 8.43. The highest BCUT2D eigenvalue weighted by molar-refractivity contribution is 7.99. The average Bonchev–Trinajstić information content (AvgIpc) is 2.71. The second kappa shape index (κ2) is 12.1. The summed E-state index contributed by atoms with van der Waals surface area (Å²) in [5.74, 6) is 0.367.